The normalized spacial score (nSPS) is 25.5. The Morgan fingerprint density at radius 1 is 1.00 bits per heavy atom. The fourth-order valence-corrected chi connectivity index (χ4v) is 2.12. The molecule has 0 radical (unpaired) electrons. The Morgan fingerprint density at radius 2 is 1.82 bits per heavy atom. The molecule has 1 heterocycles. The molecule has 0 spiro atoms. The lowest BCUT2D eigenvalue weighted by atomic mass is 10.1. The Bertz CT molecular complexity index is 154. The molecular weight excluding hydrogens is 134 g/mol. The predicted molar refractivity (Wildman–Crippen MR) is 47.4 cm³/mol. The largest absolute Gasteiger partial charge is 0.375 e. The van der Waals surface area contributed by atoms with E-state index in [9.17, 15) is 0 Å². The third kappa shape index (κ3) is 1.58. The van der Waals surface area contributed by atoms with Crippen molar-refractivity contribution in [1.29, 1.82) is 0 Å². The highest BCUT2D eigenvalue weighted by Crippen LogP contribution is 2.24. The van der Waals surface area contributed by atoms with E-state index in [1.54, 1.807) is 5.70 Å². The second kappa shape index (κ2) is 3.29. The van der Waals surface area contributed by atoms with E-state index in [1.165, 1.54) is 51.6 Å². The minimum Gasteiger partial charge on any atom is -0.375 e. The standard InChI is InChI=1S/C10H17N/c1-4-8-11(9-5-1)10-6-2-3-7-10/h6H,1-5,7-9H2. The molecule has 1 nitrogen and oxygen atoms in total. The average Bonchev–Trinajstić information content (AvgIpc) is 2.58. The molecule has 0 unspecified atom stereocenters. The zero-order valence-corrected chi connectivity index (χ0v) is 7.18. The molecule has 11 heavy (non-hydrogen) atoms. The third-order valence-corrected chi connectivity index (χ3v) is 2.78. The van der Waals surface area contributed by atoms with E-state index < -0.39 is 0 Å². The van der Waals surface area contributed by atoms with Gasteiger partial charge in [-0.05, 0) is 38.5 Å². The van der Waals surface area contributed by atoms with E-state index in [0.29, 0.717) is 0 Å². The fourth-order valence-electron chi connectivity index (χ4n) is 2.12. The van der Waals surface area contributed by atoms with Gasteiger partial charge >= 0.3 is 0 Å². The highest BCUT2D eigenvalue weighted by Gasteiger charge is 2.14. The van der Waals surface area contributed by atoms with E-state index in [-0.39, 0.29) is 0 Å². The number of likely N-dealkylation sites (tertiary alicyclic amines) is 1. The molecule has 1 saturated heterocycles. The van der Waals surface area contributed by atoms with Crippen molar-refractivity contribution < 1.29 is 0 Å². The van der Waals surface area contributed by atoms with Crippen molar-refractivity contribution in [1.82, 2.24) is 4.90 Å². The number of allylic oxidation sites excluding steroid dienone is 2. The molecule has 1 aliphatic heterocycles. The first-order valence-corrected chi connectivity index (χ1v) is 4.91. The number of nitrogens with zero attached hydrogens (tertiary/aromatic N) is 1. The van der Waals surface area contributed by atoms with Crippen molar-refractivity contribution in [2.75, 3.05) is 13.1 Å². The van der Waals surface area contributed by atoms with Crippen molar-refractivity contribution in [2.24, 2.45) is 0 Å². The molecular formula is C10H17N. The van der Waals surface area contributed by atoms with Gasteiger partial charge in [0.1, 0.15) is 0 Å². The number of hydrogen-bond donors (Lipinski definition) is 0. The van der Waals surface area contributed by atoms with Gasteiger partial charge in [-0.3, -0.25) is 0 Å². The molecule has 0 aromatic heterocycles. The lowest BCUT2D eigenvalue weighted by molar-refractivity contribution is 0.280. The number of hydrogen-bond acceptors (Lipinski definition) is 1. The summed E-state index contributed by atoms with van der Waals surface area (Å²) in [5.41, 5.74) is 1.64. The van der Waals surface area contributed by atoms with Gasteiger partial charge in [-0.25, -0.2) is 0 Å². The van der Waals surface area contributed by atoms with Gasteiger partial charge in [0, 0.05) is 18.8 Å². The number of rotatable bonds is 1. The highest BCUT2D eigenvalue weighted by atomic mass is 15.1. The summed E-state index contributed by atoms with van der Waals surface area (Å²) in [6, 6.07) is 0. The Hall–Kier alpha value is -0.460. The minimum absolute atomic E-state index is 1.33. The summed E-state index contributed by atoms with van der Waals surface area (Å²) >= 11 is 0. The summed E-state index contributed by atoms with van der Waals surface area (Å²) < 4.78 is 0. The van der Waals surface area contributed by atoms with Gasteiger partial charge < -0.3 is 4.90 Å². The quantitative estimate of drug-likeness (QED) is 0.556. The van der Waals surface area contributed by atoms with Crippen LogP contribution in [-0.4, -0.2) is 18.0 Å². The first-order chi connectivity index (χ1) is 5.47. The molecule has 0 aromatic rings. The molecule has 1 aliphatic carbocycles. The van der Waals surface area contributed by atoms with Crippen molar-refractivity contribution >= 4 is 0 Å². The SMILES string of the molecule is C1=C(N2CCCCC2)CCC1. The maximum absolute atomic E-state index is 2.59. The van der Waals surface area contributed by atoms with Gasteiger partial charge in [-0.15, -0.1) is 0 Å². The van der Waals surface area contributed by atoms with Crippen molar-refractivity contribution in [3.8, 4) is 0 Å². The van der Waals surface area contributed by atoms with Crippen LogP contribution in [0, 0.1) is 0 Å². The summed E-state index contributed by atoms with van der Waals surface area (Å²) in [5.74, 6) is 0. The summed E-state index contributed by atoms with van der Waals surface area (Å²) in [7, 11) is 0. The van der Waals surface area contributed by atoms with Gasteiger partial charge in [0.2, 0.25) is 0 Å². The van der Waals surface area contributed by atoms with Crippen LogP contribution in [0.3, 0.4) is 0 Å². The van der Waals surface area contributed by atoms with Gasteiger partial charge in [-0.2, -0.15) is 0 Å². The second-order valence-electron chi connectivity index (χ2n) is 3.64. The van der Waals surface area contributed by atoms with E-state index in [0.717, 1.165) is 0 Å². The molecule has 62 valence electrons. The molecule has 0 atom stereocenters. The van der Waals surface area contributed by atoms with Crippen LogP contribution in [0.2, 0.25) is 0 Å². The van der Waals surface area contributed by atoms with Crippen molar-refractivity contribution in [3.63, 3.8) is 0 Å². The Kier molecular flexibility index (Phi) is 2.16. The zero-order chi connectivity index (χ0) is 7.52. The molecule has 1 fully saturated rings. The molecule has 1 heteroatoms. The van der Waals surface area contributed by atoms with Crippen LogP contribution < -0.4 is 0 Å². The third-order valence-electron chi connectivity index (χ3n) is 2.78. The van der Waals surface area contributed by atoms with Gasteiger partial charge in [0.25, 0.3) is 0 Å². The Labute approximate surface area is 69.1 Å². The molecule has 0 amide bonds. The zero-order valence-electron chi connectivity index (χ0n) is 7.18. The average molecular weight is 151 g/mol. The van der Waals surface area contributed by atoms with Crippen molar-refractivity contribution in [3.05, 3.63) is 11.8 Å². The second-order valence-corrected chi connectivity index (χ2v) is 3.64. The lowest BCUT2D eigenvalue weighted by Crippen LogP contribution is -2.28. The van der Waals surface area contributed by atoms with E-state index >= 15 is 0 Å². The van der Waals surface area contributed by atoms with Crippen LogP contribution in [0.1, 0.15) is 38.5 Å². The molecule has 0 saturated carbocycles. The highest BCUT2D eigenvalue weighted by molar-refractivity contribution is 5.07. The van der Waals surface area contributed by atoms with Gasteiger partial charge in [-0.1, -0.05) is 6.08 Å². The molecule has 0 N–H and O–H groups in total. The molecule has 0 aromatic carbocycles. The van der Waals surface area contributed by atoms with Crippen LogP contribution >= 0.6 is 0 Å². The summed E-state index contributed by atoms with van der Waals surface area (Å²) in [4.78, 5) is 2.59. The Morgan fingerprint density at radius 3 is 2.45 bits per heavy atom. The minimum atomic E-state index is 1.33. The first-order valence-electron chi connectivity index (χ1n) is 4.91. The van der Waals surface area contributed by atoms with Crippen LogP contribution in [-0.2, 0) is 0 Å². The van der Waals surface area contributed by atoms with Crippen LogP contribution in [0.25, 0.3) is 0 Å². The maximum Gasteiger partial charge on any atom is 0.0174 e. The maximum atomic E-state index is 2.59. The summed E-state index contributed by atoms with van der Waals surface area (Å²) in [5, 5.41) is 0. The first kappa shape index (κ1) is 7.20. The number of piperidine rings is 1. The van der Waals surface area contributed by atoms with E-state index in [4.69, 9.17) is 0 Å². The monoisotopic (exact) mass is 151 g/mol. The van der Waals surface area contributed by atoms with E-state index in [1.807, 2.05) is 0 Å². The predicted octanol–water partition coefficient (Wildman–Crippen LogP) is 2.54. The van der Waals surface area contributed by atoms with Crippen LogP contribution in [0.4, 0.5) is 0 Å². The fraction of sp³-hybridized carbons (Fsp3) is 0.800. The van der Waals surface area contributed by atoms with Crippen molar-refractivity contribution in [2.45, 2.75) is 38.5 Å². The van der Waals surface area contributed by atoms with Crippen LogP contribution in [0.15, 0.2) is 11.8 Å². The van der Waals surface area contributed by atoms with Gasteiger partial charge in [0.15, 0.2) is 0 Å². The molecule has 2 rings (SSSR count). The van der Waals surface area contributed by atoms with E-state index in [2.05, 4.69) is 11.0 Å². The van der Waals surface area contributed by atoms with Gasteiger partial charge in [0.05, 0.1) is 0 Å². The summed E-state index contributed by atoms with van der Waals surface area (Å²) in [6.07, 6.45) is 10.8. The smallest absolute Gasteiger partial charge is 0.0174 e. The lowest BCUT2D eigenvalue weighted by Gasteiger charge is -2.29. The Balaban J connectivity index is 1.92. The molecule has 2 aliphatic rings. The van der Waals surface area contributed by atoms with Crippen LogP contribution in [0.5, 0.6) is 0 Å². The molecule has 0 bridgehead atoms. The topological polar surface area (TPSA) is 3.24 Å². The summed E-state index contributed by atoms with van der Waals surface area (Å²) in [6.45, 7) is 2.65.